The molecule has 3 aromatic rings. The van der Waals surface area contributed by atoms with Crippen LogP contribution >= 0.6 is 34.8 Å². The quantitative estimate of drug-likeness (QED) is 0.556. The number of aryl methyl sites for hydroxylation is 1. The predicted octanol–water partition coefficient (Wildman–Crippen LogP) is 4.64. The Hall–Kier alpha value is -1.80. The van der Waals surface area contributed by atoms with Gasteiger partial charge in [-0.2, -0.15) is 0 Å². The molecule has 10 heteroatoms. The van der Waals surface area contributed by atoms with Crippen LogP contribution in [-0.4, -0.2) is 28.5 Å². The molecule has 6 nitrogen and oxygen atoms in total. The summed E-state index contributed by atoms with van der Waals surface area (Å²) in [4.78, 5) is 14.8. The molecule has 0 aliphatic rings. The molecule has 0 fully saturated rings. The highest BCUT2D eigenvalue weighted by molar-refractivity contribution is 7.90. The zero-order chi connectivity index (χ0) is 19.8. The minimum Gasteiger partial charge on any atom is -0.481 e. The number of aliphatic carboxylic acids is 1. The van der Waals surface area contributed by atoms with Crippen LogP contribution in [0.25, 0.3) is 11.0 Å². The first-order valence-corrected chi connectivity index (χ1v) is 10.4. The Labute approximate surface area is 170 Å². The molecule has 0 spiro atoms. The number of hydrogen-bond donors (Lipinski definition) is 1. The topological polar surface area (TPSA) is 89.3 Å². The van der Waals surface area contributed by atoms with Gasteiger partial charge in [0.1, 0.15) is 10.0 Å². The number of rotatable bonds is 6. The zero-order valence-electron chi connectivity index (χ0n) is 13.7. The van der Waals surface area contributed by atoms with Crippen LogP contribution in [0.3, 0.4) is 0 Å². The molecule has 0 unspecified atom stereocenters. The van der Waals surface area contributed by atoms with Crippen molar-refractivity contribution in [1.29, 1.82) is 0 Å². The van der Waals surface area contributed by atoms with Crippen LogP contribution in [-0.2, 0) is 21.2 Å². The highest BCUT2D eigenvalue weighted by atomic mass is 35.5. The van der Waals surface area contributed by atoms with E-state index in [-0.39, 0.29) is 39.4 Å². The molecule has 1 N–H and O–H groups in total. The van der Waals surface area contributed by atoms with Gasteiger partial charge in [-0.1, -0.05) is 40.9 Å². The van der Waals surface area contributed by atoms with Gasteiger partial charge in [-0.25, -0.2) is 17.4 Å². The SMILES string of the molecule is O=C(O)CCCc1cc2nc(Cl)ccc2n1S(=O)(=O)c1cccc(Cl)c1Cl. The summed E-state index contributed by atoms with van der Waals surface area (Å²) in [6.07, 6.45) is 0.392. The maximum atomic E-state index is 13.3. The molecule has 0 bridgehead atoms. The van der Waals surface area contributed by atoms with Crippen LogP contribution in [0.1, 0.15) is 18.5 Å². The lowest BCUT2D eigenvalue weighted by Gasteiger charge is -2.13. The van der Waals surface area contributed by atoms with Crippen molar-refractivity contribution in [2.45, 2.75) is 24.2 Å². The van der Waals surface area contributed by atoms with E-state index in [1.54, 1.807) is 12.1 Å². The Bertz CT molecular complexity index is 1140. The standard InChI is InChI=1S/C17H13Cl3N2O4S/c18-11-4-2-5-14(17(11)20)27(25,26)22-10(3-1-6-16(23)24)9-12-13(22)7-8-15(19)21-12/h2,4-5,7-9H,1,3,6H2,(H,23,24). The van der Waals surface area contributed by atoms with Gasteiger partial charge in [0.15, 0.2) is 0 Å². The second-order valence-electron chi connectivity index (χ2n) is 5.74. The smallest absolute Gasteiger partial charge is 0.303 e. The average Bonchev–Trinajstić information content (AvgIpc) is 2.94. The molecule has 1 aromatic carbocycles. The van der Waals surface area contributed by atoms with Crippen molar-refractivity contribution >= 4 is 61.8 Å². The minimum atomic E-state index is -4.10. The molecule has 0 aliphatic carbocycles. The normalized spacial score (nSPS) is 11.8. The average molecular weight is 448 g/mol. The van der Waals surface area contributed by atoms with E-state index >= 15 is 0 Å². The van der Waals surface area contributed by atoms with Gasteiger partial charge < -0.3 is 5.11 Å². The third-order valence-corrected chi connectivity index (χ3v) is 6.86. The van der Waals surface area contributed by atoms with Crippen LogP contribution in [0.2, 0.25) is 15.2 Å². The van der Waals surface area contributed by atoms with E-state index in [9.17, 15) is 13.2 Å². The summed E-state index contributed by atoms with van der Waals surface area (Å²) in [6.45, 7) is 0. The van der Waals surface area contributed by atoms with E-state index in [1.807, 2.05) is 0 Å². The second-order valence-corrected chi connectivity index (χ2v) is 8.67. The largest absolute Gasteiger partial charge is 0.481 e. The van der Waals surface area contributed by atoms with Crippen molar-refractivity contribution in [2.24, 2.45) is 0 Å². The summed E-state index contributed by atoms with van der Waals surface area (Å²) < 4.78 is 27.8. The van der Waals surface area contributed by atoms with Crippen molar-refractivity contribution in [2.75, 3.05) is 0 Å². The molecule has 0 saturated heterocycles. The number of aromatic nitrogens is 2. The summed E-state index contributed by atoms with van der Waals surface area (Å²) in [6, 6.07) is 8.95. The number of carboxylic acids is 1. The number of benzene rings is 1. The zero-order valence-corrected chi connectivity index (χ0v) is 16.8. The molecule has 142 valence electrons. The maximum Gasteiger partial charge on any atom is 0.303 e. The van der Waals surface area contributed by atoms with E-state index in [4.69, 9.17) is 39.9 Å². The highest BCUT2D eigenvalue weighted by Gasteiger charge is 2.26. The number of nitrogens with zero attached hydrogens (tertiary/aromatic N) is 2. The van der Waals surface area contributed by atoms with Gasteiger partial charge in [0.2, 0.25) is 0 Å². The van der Waals surface area contributed by atoms with Gasteiger partial charge >= 0.3 is 5.97 Å². The molecule has 0 amide bonds. The van der Waals surface area contributed by atoms with Crippen LogP contribution in [0.4, 0.5) is 0 Å². The van der Waals surface area contributed by atoms with Crippen molar-refractivity contribution in [3.05, 3.63) is 57.3 Å². The summed E-state index contributed by atoms with van der Waals surface area (Å²) in [7, 11) is -4.10. The van der Waals surface area contributed by atoms with E-state index in [0.717, 1.165) is 3.97 Å². The molecule has 3 rings (SSSR count). The maximum absolute atomic E-state index is 13.3. The first kappa shape index (κ1) is 19.9. The van der Waals surface area contributed by atoms with Crippen molar-refractivity contribution in [3.8, 4) is 0 Å². The molecule has 0 aliphatic heterocycles. The Morgan fingerprint density at radius 2 is 1.89 bits per heavy atom. The lowest BCUT2D eigenvalue weighted by atomic mass is 10.2. The van der Waals surface area contributed by atoms with Gasteiger partial charge in [-0.05, 0) is 43.2 Å². The van der Waals surface area contributed by atoms with Crippen molar-refractivity contribution in [1.82, 2.24) is 8.96 Å². The van der Waals surface area contributed by atoms with Crippen molar-refractivity contribution < 1.29 is 18.3 Å². The molecule has 27 heavy (non-hydrogen) atoms. The second kappa shape index (κ2) is 7.67. The first-order chi connectivity index (χ1) is 12.7. The Morgan fingerprint density at radius 1 is 1.15 bits per heavy atom. The number of halogens is 3. The number of carbonyl (C=O) groups is 1. The molecule has 0 radical (unpaired) electrons. The molecule has 0 atom stereocenters. The van der Waals surface area contributed by atoms with Gasteiger partial charge in [0.05, 0.1) is 21.1 Å². The Balaban J connectivity index is 2.21. The van der Waals surface area contributed by atoms with Crippen LogP contribution in [0, 0.1) is 0 Å². The van der Waals surface area contributed by atoms with Crippen LogP contribution in [0.5, 0.6) is 0 Å². The number of fused-ring (bicyclic) bond motifs is 1. The fraction of sp³-hybridized carbons (Fsp3) is 0.176. The Morgan fingerprint density at radius 3 is 2.59 bits per heavy atom. The fourth-order valence-electron chi connectivity index (χ4n) is 2.75. The van der Waals surface area contributed by atoms with E-state index in [2.05, 4.69) is 4.98 Å². The number of carboxylic acid groups (broad SMARTS) is 1. The summed E-state index contributed by atoms with van der Waals surface area (Å²) in [5, 5.41) is 9.10. The summed E-state index contributed by atoms with van der Waals surface area (Å²) >= 11 is 18.0. The molecule has 2 aromatic heterocycles. The minimum absolute atomic E-state index is 0.0839. The van der Waals surface area contributed by atoms with Crippen LogP contribution in [0.15, 0.2) is 41.3 Å². The fourth-order valence-corrected chi connectivity index (χ4v) is 5.20. The molecule has 2 heterocycles. The molecular weight excluding hydrogens is 435 g/mol. The lowest BCUT2D eigenvalue weighted by Crippen LogP contribution is -2.16. The summed E-state index contributed by atoms with van der Waals surface area (Å²) in [5.41, 5.74) is 1.09. The van der Waals surface area contributed by atoms with Crippen molar-refractivity contribution in [3.63, 3.8) is 0 Å². The Kier molecular flexibility index (Phi) is 5.67. The van der Waals surface area contributed by atoms with E-state index in [0.29, 0.717) is 16.7 Å². The first-order valence-electron chi connectivity index (χ1n) is 7.80. The van der Waals surface area contributed by atoms with Gasteiger partial charge in [0.25, 0.3) is 10.0 Å². The van der Waals surface area contributed by atoms with Gasteiger partial charge in [0, 0.05) is 12.1 Å². The third kappa shape index (κ3) is 3.91. The van der Waals surface area contributed by atoms with E-state index < -0.39 is 16.0 Å². The highest BCUT2D eigenvalue weighted by Crippen LogP contribution is 2.33. The van der Waals surface area contributed by atoms with Crippen LogP contribution < -0.4 is 0 Å². The van der Waals surface area contributed by atoms with E-state index in [1.165, 1.54) is 24.3 Å². The monoisotopic (exact) mass is 446 g/mol. The van der Waals surface area contributed by atoms with Gasteiger partial charge in [-0.15, -0.1) is 0 Å². The number of pyridine rings is 1. The lowest BCUT2D eigenvalue weighted by molar-refractivity contribution is -0.137. The van der Waals surface area contributed by atoms with Gasteiger partial charge in [-0.3, -0.25) is 4.79 Å². The number of hydrogen-bond acceptors (Lipinski definition) is 4. The molecule has 0 saturated carbocycles. The predicted molar refractivity (Wildman–Crippen MR) is 104 cm³/mol. The molecular formula is C17H13Cl3N2O4S. The third-order valence-electron chi connectivity index (χ3n) is 3.91. The summed E-state index contributed by atoms with van der Waals surface area (Å²) in [5.74, 6) is -0.959.